The molecule has 0 unspecified atom stereocenters. The zero-order valence-electron chi connectivity index (χ0n) is 10.9. The van der Waals surface area contributed by atoms with Gasteiger partial charge in [0.1, 0.15) is 16.4 Å². The fourth-order valence-electron chi connectivity index (χ4n) is 2.06. The molecule has 0 heterocycles. The van der Waals surface area contributed by atoms with Gasteiger partial charge in [0.25, 0.3) is 0 Å². The van der Waals surface area contributed by atoms with Crippen LogP contribution in [0.3, 0.4) is 0 Å². The highest BCUT2D eigenvalue weighted by Crippen LogP contribution is 2.29. The monoisotopic (exact) mass is 300 g/mol. The van der Waals surface area contributed by atoms with Crippen LogP contribution >= 0.6 is 0 Å². The Morgan fingerprint density at radius 1 is 0.857 bits per heavy atom. The third-order valence-electron chi connectivity index (χ3n) is 3.05. The minimum Gasteiger partial charge on any atom is -0.507 e. The molecule has 1 N–H and O–H groups in total. The predicted molar refractivity (Wildman–Crippen MR) is 79.9 cm³/mol. The number of hydrogen-bond acceptors (Lipinski definition) is 4. The number of para-hydroxylation sites is 1. The SMILES string of the molecule is O=S(=O)(Oc1ccccc1)c1cc(O)c2ccccc2c1. The molecule has 0 radical (unpaired) electrons. The topological polar surface area (TPSA) is 63.6 Å². The van der Waals surface area contributed by atoms with Crippen molar-refractivity contribution in [2.45, 2.75) is 4.90 Å². The molecule has 0 atom stereocenters. The highest BCUT2D eigenvalue weighted by atomic mass is 32.2. The normalized spacial score (nSPS) is 11.4. The van der Waals surface area contributed by atoms with E-state index in [1.54, 1.807) is 54.6 Å². The standard InChI is InChI=1S/C16H12O4S/c17-16-11-14(10-12-6-4-5-9-15(12)16)21(18,19)20-13-7-2-1-3-8-13/h1-11,17H. The molecule has 0 spiro atoms. The van der Waals surface area contributed by atoms with Crippen molar-refractivity contribution in [3.63, 3.8) is 0 Å². The molecule has 5 heteroatoms. The van der Waals surface area contributed by atoms with Crippen LogP contribution < -0.4 is 4.18 Å². The molecule has 0 bridgehead atoms. The van der Waals surface area contributed by atoms with Gasteiger partial charge in [0.2, 0.25) is 0 Å². The lowest BCUT2D eigenvalue weighted by molar-refractivity contribution is 0.472. The Balaban J connectivity index is 2.07. The second-order valence-electron chi connectivity index (χ2n) is 4.51. The highest BCUT2D eigenvalue weighted by Gasteiger charge is 2.18. The van der Waals surface area contributed by atoms with Crippen molar-refractivity contribution in [1.29, 1.82) is 0 Å². The Morgan fingerprint density at radius 3 is 2.29 bits per heavy atom. The highest BCUT2D eigenvalue weighted by molar-refractivity contribution is 7.87. The number of hydrogen-bond donors (Lipinski definition) is 1. The quantitative estimate of drug-likeness (QED) is 0.754. The van der Waals surface area contributed by atoms with Gasteiger partial charge in [-0.2, -0.15) is 8.42 Å². The largest absolute Gasteiger partial charge is 0.507 e. The van der Waals surface area contributed by atoms with Crippen LogP contribution in [-0.4, -0.2) is 13.5 Å². The molecule has 0 aliphatic rings. The summed E-state index contributed by atoms with van der Waals surface area (Å²) < 4.78 is 29.6. The van der Waals surface area contributed by atoms with Gasteiger partial charge in [-0.3, -0.25) is 0 Å². The molecule has 3 aromatic rings. The average molecular weight is 300 g/mol. The number of rotatable bonds is 3. The number of phenols is 1. The minimum atomic E-state index is -3.99. The maximum Gasteiger partial charge on any atom is 0.339 e. The van der Waals surface area contributed by atoms with E-state index in [4.69, 9.17) is 4.18 Å². The molecule has 3 rings (SSSR count). The van der Waals surface area contributed by atoms with Gasteiger partial charge < -0.3 is 9.29 Å². The van der Waals surface area contributed by atoms with Gasteiger partial charge in [-0.15, -0.1) is 0 Å². The summed E-state index contributed by atoms with van der Waals surface area (Å²) >= 11 is 0. The van der Waals surface area contributed by atoms with E-state index in [1.165, 1.54) is 12.1 Å². The number of phenolic OH excluding ortho intramolecular Hbond substituents is 1. The van der Waals surface area contributed by atoms with Crippen LogP contribution in [0.25, 0.3) is 10.8 Å². The van der Waals surface area contributed by atoms with Gasteiger partial charge in [-0.25, -0.2) is 0 Å². The van der Waals surface area contributed by atoms with Crippen molar-refractivity contribution in [3.05, 3.63) is 66.7 Å². The molecule has 0 fully saturated rings. The maximum atomic E-state index is 12.3. The maximum absolute atomic E-state index is 12.3. The lowest BCUT2D eigenvalue weighted by Gasteiger charge is -2.09. The molecule has 0 saturated heterocycles. The summed E-state index contributed by atoms with van der Waals surface area (Å²) in [5, 5.41) is 11.2. The summed E-state index contributed by atoms with van der Waals surface area (Å²) in [5.74, 6) is 0.133. The fraction of sp³-hybridized carbons (Fsp3) is 0. The molecule has 0 aliphatic carbocycles. The summed E-state index contributed by atoms with van der Waals surface area (Å²) in [6.07, 6.45) is 0. The molecule has 0 saturated carbocycles. The van der Waals surface area contributed by atoms with Gasteiger partial charge in [0, 0.05) is 11.5 Å². The summed E-state index contributed by atoms with van der Waals surface area (Å²) in [6.45, 7) is 0. The van der Waals surface area contributed by atoms with Gasteiger partial charge in [-0.1, -0.05) is 42.5 Å². The molecule has 3 aromatic carbocycles. The zero-order valence-corrected chi connectivity index (χ0v) is 11.7. The summed E-state index contributed by atoms with van der Waals surface area (Å²) in [6, 6.07) is 17.9. The Labute approximate surface area is 122 Å². The van der Waals surface area contributed by atoms with E-state index in [0.29, 0.717) is 10.8 Å². The molecule has 0 amide bonds. The second-order valence-corrected chi connectivity index (χ2v) is 6.06. The van der Waals surface area contributed by atoms with Crippen LogP contribution in [-0.2, 0) is 10.1 Å². The van der Waals surface area contributed by atoms with E-state index in [2.05, 4.69) is 0 Å². The zero-order chi connectivity index (χ0) is 14.9. The van der Waals surface area contributed by atoms with E-state index in [1.807, 2.05) is 0 Å². The van der Waals surface area contributed by atoms with Gasteiger partial charge in [0.15, 0.2) is 0 Å². The second kappa shape index (κ2) is 5.10. The third kappa shape index (κ3) is 2.68. The first-order valence-corrected chi connectivity index (χ1v) is 7.68. The van der Waals surface area contributed by atoms with Crippen molar-refractivity contribution in [3.8, 4) is 11.5 Å². The minimum absolute atomic E-state index is 0.0810. The van der Waals surface area contributed by atoms with E-state index in [0.717, 1.165) is 0 Å². The molecule has 0 aromatic heterocycles. The van der Waals surface area contributed by atoms with Gasteiger partial charge in [0.05, 0.1) is 0 Å². The summed E-state index contributed by atoms with van der Waals surface area (Å²) in [5.41, 5.74) is 0. The Kier molecular flexibility index (Phi) is 3.27. The van der Waals surface area contributed by atoms with Crippen LogP contribution in [0.2, 0.25) is 0 Å². The van der Waals surface area contributed by atoms with Crippen LogP contribution in [0.15, 0.2) is 71.6 Å². The van der Waals surface area contributed by atoms with E-state index < -0.39 is 10.1 Å². The van der Waals surface area contributed by atoms with E-state index in [9.17, 15) is 13.5 Å². The molecule has 0 aliphatic heterocycles. The third-order valence-corrected chi connectivity index (χ3v) is 4.28. The van der Waals surface area contributed by atoms with Gasteiger partial charge in [-0.05, 0) is 23.6 Å². The van der Waals surface area contributed by atoms with Crippen molar-refractivity contribution in [2.24, 2.45) is 0 Å². The molecule has 21 heavy (non-hydrogen) atoms. The lowest BCUT2D eigenvalue weighted by atomic mass is 10.1. The molecule has 106 valence electrons. The number of fused-ring (bicyclic) bond motifs is 1. The first kappa shape index (κ1) is 13.5. The molecular weight excluding hydrogens is 288 g/mol. The van der Waals surface area contributed by atoms with E-state index in [-0.39, 0.29) is 16.4 Å². The Hall–Kier alpha value is -2.53. The average Bonchev–Trinajstić information content (AvgIpc) is 2.48. The van der Waals surface area contributed by atoms with Crippen molar-refractivity contribution >= 4 is 20.9 Å². The van der Waals surface area contributed by atoms with Crippen LogP contribution in [0.4, 0.5) is 0 Å². The lowest BCUT2D eigenvalue weighted by Crippen LogP contribution is -2.09. The Morgan fingerprint density at radius 2 is 1.52 bits per heavy atom. The van der Waals surface area contributed by atoms with Crippen molar-refractivity contribution < 1.29 is 17.7 Å². The van der Waals surface area contributed by atoms with Crippen LogP contribution in [0.5, 0.6) is 11.5 Å². The molecule has 4 nitrogen and oxygen atoms in total. The predicted octanol–water partition coefficient (Wildman–Crippen LogP) is 3.31. The summed E-state index contributed by atoms with van der Waals surface area (Å²) in [7, 11) is -3.99. The molecular formula is C16H12O4S. The van der Waals surface area contributed by atoms with Crippen molar-refractivity contribution in [1.82, 2.24) is 0 Å². The smallest absolute Gasteiger partial charge is 0.339 e. The fourth-order valence-corrected chi connectivity index (χ4v) is 3.05. The number of aromatic hydroxyl groups is 1. The van der Waals surface area contributed by atoms with Crippen LogP contribution in [0, 0.1) is 0 Å². The first-order chi connectivity index (χ1) is 10.1. The summed E-state index contributed by atoms with van der Waals surface area (Å²) in [4.78, 5) is -0.0810. The Bertz CT molecular complexity index is 887. The van der Waals surface area contributed by atoms with Crippen LogP contribution in [0.1, 0.15) is 0 Å². The first-order valence-electron chi connectivity index (χ1n) is 6.27. The van der Waals surface area contributed by atoms with Crippen molar-refractivity contribution in [2.75, 3.05) is 0 Å². The number of benzene rings is 3. The van der Waals surface area contributed by atoms with E-state index >= 15 is 0 Å². The van der Waals surface area contributed by atoms with Gasteiger partial charge >= 0.3 is 10.1 Å².